The number of nitrogens with one attached hydrogen (secondary N) is 1. The Morgan fingerprint density at radius 1 is 1.24 bits per heavy atom. The van der Waals surface area contributed by atoms with Crippen molar-refractivity contribution in [3.05, 3.63) is 46.6 Å². The first-order valence-electron chi connectivity index (χ1n) is 7.53. The highest BCUT2D eigenvalue weighted by atomic mass is 16.5. The van der Waals surface area contributed by atoms with Gasteiger partial charge in [-0.25, -0.2) is 4.98 Å². The molecule has 0 radical (unpaired) electrons. The monoisotopic (exact) mass is 340 g/mol. The van der Waals surface area contributed by atoms with Crippen molar-refractivity contribution < 1.29 is 14.2 Å². The van der Waals surface area contributed by atoms with Crippen LogP contribution in [0.4, 0.5) is 5.82 Å². The zero-order valence-electron chi connectivity index (χ0n) is 14.7. The van der Waals surface area contributed by atoms with E-state index < -0.39 is 0 Å². The molecule has 0 aliphatic rings. The predicted octanol–water partition coefficient (Wildman–Crippen LogP) is 2.87. The first-order chi connectivity index (χ1) is 12.1. The van der Waals surface area contributed by atoms with Gasteiger partial charge in [-0.1, -0.05) is 0 Å². The number of aryl methyl sites for hydroxylation is 1. The Morgan fingerprint density at radius 2 is 2.04 bits per heavy atom. The second-order valence-corrected chi connectivity index (χ2v) is 5.17. The Morgan fingerprint density at radius 3 is 2.68 bits per heavy atom. The third kappa shape index (κ3) is 4.46. The number of pyridine rings is 1. The number of nitriles is 1. The summed E-state index contributed by atoms with van der Waals surface area (Å²) in [6.45, 7) is 2.18. The molecule has 0 bridgehead atoms. The minimum atomic E-state index is 0.330. The molecule has 0 atom stereocenters. The number of anilines is 1. The molecule has 130 valence electrons. The van der Waals surface area contributed by atoms with Crippen LogP contribution in [0.5, 0.6) is 11.5 Å². The first kappa shape index (κ1) is 18.2. The molecule has 7 heteroatoms. The lowest BCUT2D eigenvalue weighted by atomic mass is 10.1. The average molecular weight is 340 g/mol. The lowest BCUT2D eigenvalue weighted by molar-refractivity contribution is 0.184. The van der Waals surface area contributed by atoms with E-state index in [0.717, 1.165) is 16.8 Å². The Kier molecular flexibility index (Phi) is 6.32. The van der Waals surface area contributed by atoms with Crippen LogP contribution in [0.15, 0.2) is 29.4 Å². The molecule has 0 unspecified atom stereocenters. The standard InChI is InChI=1S/C18H20N4O3/c1-12-7-14(11-23-2)16(9-19)18(21-12)22-20-10-13-5-6-15(24-3)8-17(13)25-4/h5-8,10H,11H2,1-4H3,(H,21,22). The molecule has 1 heterocycles. The Balaban J connectivity index is 2.27. The summed E-state index contributed by atoms with van der Waals surface area (Å²) in [6.07, 6.45) is 1.60. The highest BCUT2D eigenvalue weighted by molar-refractivity contribution is 5.84. The molecule has 0 saturated carbocycles. The summed E-state index contributed by atoms with van der Waals surface area (Å²) in [6, 6.07) is 9.37. The van der Waals surface area contributed by atoms with Gasteiger partial charge in [-0.3, -0.25) is 5.43 Å². The lowest BCUT2D eigenvalue weighted by Crippen LogP contribution is -2.03. The van der Waals surface area contributed by atoms with Gasteiger partial charge in [0.05, 0.1) is 27.0 Å². The van der Waals surface area contributed by atoms with E-state index in [1.54, 1.807) is 33.6 Å². The molecule has 2 rings (SSSR count). The van der Waals surface area contributed by atoms with Gasteiger partial charge in [0.25, 0.3) is 0 Å². The van der Waals surface area contributed by atoms with Gasteiger partial charge in [0.2, 0.25) is 0 Å². The van der Waals surface area contributed by atoms with Crippen molar-refractivity contribution in [1.29, 1.82) is 5.26 Å². The van der Waals surface area contributed by atoms with Gasteiger partial charge in [-0.15, -0.1) is 0 Å². The van der Waals surface area contributed by atoms with Crippen LogP contribution in [0.2, 0.25) is 0 Å². The molecule has 0 fully saturated rings. The highest BCUT2D eigenvalue weighted by Crippen LogP contribution is 2.23. The fourth-order valence-corrected chi connectivity index (χ4v) is 2.30. The van der Waals surface area contributed by atoms with Gasteiger partial charge in [-0.2, -0.15) is 10.4 Å². The summed E-state index contributed by atoms with van der Waals surface area (Å²) in [5.41, 5.74) is 5.53. The molecular weight excluding hydrogens is 320 g/mol. The van der Waals surface area contributed by atoms with Crippen molar-refractivity contribution in [1.82, 2.24) is 4.98 Å². The maximum absolute atomic E-state index is 9.40. The number of methoxy groups -OCH3 is 3. The topological polar surface area (TPSA) is 88.8 Å². The number of benzene rings is 1. The number of ether oxygens (including phenoxy) is 3. The van der Waals surface area contributed by atoms with Crippen molar-refractivity contribution in [2.24, 2.45) is 5.10 Å². The minimum Gasteiger partial charge on any atom is -0.497 e. The van der Waals surface area contributed by atoms with Crippen LogP contribution in [-0.4, -0.2) is 32.5 Å². The summed E-state index contributed by atoms with van der Waals surface area (Å²) >= 11 is 0. The second-order valence-electron chi connectivity index (χ2n) is 5.17. The smallest absolute Gasteiger partial charge is 0.164 e. The molecule has 0 amide bonds. The number of rotatable bonds is 7. The summed E-state index contributed by atoms with van der Waals surface area (Å²) in [4.78, 5) is 4.33. The summed E-state index contributed by atoms with van der Waals surface area (Å²) < 4.78 is 15.6. The van der Waals surface area contributed by atoms with Crippen molar-refractivity contribution in [3.8, 4) is 17.6 Å². The van der Waals surface area contributed by atoms with Crippen LogP contribution in [0.1, 0.15) is 22.4 Å². The van der Waals surface area contributed by atoms with Gasteiger partial charge < -0.3 is 14.2 Å². The zero-order valence-corrected chi connectivity index (χ0v) is 14.7. The van der Waals surface area contributed by atoms with E-state index in [4.69, 9.17) is 14.2 Å². The Labute approximate surface area is 146 Å². The SMILES string of the molecule is COCc1cc(C)nc(NN=Cc2ccc(OC)cc2OC)c1C#N. The Bertz CT molecular complexity index is 813. The Hall–Kier alpha value is -3.11. The van der Waals surface area contributed by atoms with Crippen LogP contribution in [-0.2, 0) is 11.3 Å². The highest BCUT2D eigenvalue weighted by Gasteiger charge is 2.11. The van der Waals surface area contributed by atoms with Crippen molar-refractivity contribution in [2.45, 2.75) is 13.5 Å². The summed E-state index contributed by atoms with van der Waals surface area (Å²) in [5.74, 6) is 1.71. The van der Waals surface area contributed by atoms with Crippen molar-refractivity contribution in [3.63, 3.8) is 0 Å². The van der Waals surface area contributed by atoms with E-state index in [9.17, 15) is 5.26 Å². The van der Waals surface area contributed by atoms with Gasteiger partial charge in [0, 0.05) is 30.0 Å². The van der Waals surface area contributed by atoms with Gasteiger partial charge in [-0.05, 0) is 25.1 Å². The van der Waals surface area contributed by atoms with Crippen LogP contribution in [0, 0.1) is 18.3 Å². The number of nitrogens with zero attached hydrogens (tertiary/aromatic N) is 3. The maximum Gasteiger partial charge on any atom is 0.164 e. The number of hydrogen-bond acceptors (Lipinski definition) is 7. The van der Waals surface area contributed by atoms with Gasteiger partial charge in [0.15, 0.2) is 5.82 Å². The van der Waals surface area contributed by atoms with E-state index >= 15 is 0 Å². The van der Waals surface area contributed by atoms with Crippen molar-refractivity contribution in [2.75, 3.05) is 26.8 Å². The van der Waals surface area contributed by atoms with Gasteiger partial charge in [0.1, 0.15) is 23.1 Å². The number of aromatic nitrogens is 1. The van der Waals surface area contributed by atoms with Crippen LogP contribution < -0.4 is 14.9 Å². The third-order valence-corrected chi connectivity index (χ3v) is 3.46. The third-order valence-electron chi connectivity index (χ3n) is 3.46. The molecule has 1 aromatic heterocycles. The molecule has 1 aromatic carbocycles. The number of hydrazone groups is 1. The second kappa shape index (κ2) is 8.66. The molecule has 0 saturated heterocycles. The van der Waals surface area contributed by atoms with Crippen molar-refractivity contribution >= 4 is 12.0 Å². The molecule has 1 N–H and O–H groups in total. The van der Waals surface area contributed by atoms with Crippen LogP contribution in [0.3, 0.4) is 0 Å². The zero-order chi connectivity index (χ0) is 18.2. The fraction of sp³-hybridized carbons (Fsp3) is 0.278. The van der Waals surface area contributed by atoms with E-state index in [1.165, 1.54) is 0 Å². The maximum atomic E-state index is 9.40. The first-order valence-corrected chi connectivity index (χ1v) is 7.53. The van der Waals surface area contributed by atoms with Crippen LogP contribution >= 0.6 is 0 Å². The average Bonchev–Trinajstić information content (AvgIpc) is 2.62. The van der Waals surface area contributed by atoms with Crippen LogP contribution in [0.25, 0.3) is 0 Å². The largest absolute Gasteiger partial charge is 0.497 e. The molecule has 0 aliphatic carbocycles. The molecule has 25 heavy (non-hydrogen) atoms. The normalized spacial score (nSPS) is 10.5. The van der Waals surface area contributed by atoms with Gasteiger partial charge >= 0.3 is 0 Å². The summed E-state index contributed by atoms with van der Waals surface area (Å²) in [7, 11) is 4.75. The van der Waals surface area contributed by atoms with E-state index in [-0.39, 0.29) is 0 Å². The molecule has 7 nitrogen and oxygen atoms in total. The lowest BCUT2D eigenvalue weighted by Gasteiger charge is -2.09. The quantitative estimate of drug-likeness (QED) is 0.616. The summed E-state index contributed by atoms with van der Waals surface area (Å²) in [5, 5.41) is 13.6. The molecule has 0 aliphatic heterocycles. The van der Waals surface area contributed by atoms with E-state index in [1.807, 2.05) is 25.1 Å². The van der Waals surface area contributed by atoms with E-state index in [2.05, 4.69) is 21.6 Å². The number of hydrogen-bond donors (Lipinski definition) is 1. The molecule has 0 spiro atoms. The minimum absolute atomic E-state index is 0.330. The molecule has 2 aromatic rings. The fourth-order valence-electron chi connectivity index (χ4n) is 2.30. The predicted molar refractivity (Wildman–Crippen MR) is 95.2 cm³/mol. The molecular formula is C18H20N4O3. The van der Waals surface area contributed by atoms with E-state index in [0.29, 0.717) is 29.5 Å².